The molecule has 1 saturated heterocycles. The Balaban J connectivity index is 1.60. The fourth-order valence-electron chi connectivity index (χ4n) is 2.17. The van der Waals surface area contributed by atoms with E-state index in [1.165, 1.54) is 0 Å². The van der Waals surface area contributed by atoms with E-state index in [4.69, 9.17) is 0 Å². The van der Waals surface area contributed by atoms with E-state index >= 15 is 0 Å². The zero-order valence-corrected chi connectivity index (χ0v) is 10.5. The van der Waals surface area contributed by atoms with Crippen LogP contribution in [0.2, 0.25) is 0 Å². The molecule has 1 aromatic heterocycles. The molecule has 0 amide bonds. The van der Waals surface area contributed by atoms with E-state index < -0.39 is 0 Å². The van der Waals surface area contributed by atoms with E-state index in [0.29, 0.717) is 6.04 Å². The van der Waals surface area contributed by atoms with Crippen molar-refractivity contribution in [2.45, 2.75) is 12.5 Å². The van der Waals surface area contributed by atoms with Gasteiger partial charge < -0.3 is 15.5 Å². The van der Waals surface area contributed by atoms with Crippen LogP contribution in [0.25, 0.3) is 0 Å². The van der Waals surface area contributed by atoms with Crippen LogP contribution in [0, 0.1) is 0 Å². The molecule has 0 spiro atoms. The van der Waals surface area contributed by atoms with Gasteiger partial charge >= 0.3 is 0 Å². The van der Waals surface area contributed by atoms with Gasteiger partial charge in [0.1, 0.15) is 0 Å². The van der Waals surface area contributed by atoms with Gasteiger partial charge in [0.2, 0.25) is 0 Å². The molecule has 0 aliphatic carbocycles. The lowest BCUT2D eigenvalue weighted by atomic mass is 10.2. The van der Waals surface area contributed by atoms with Crippen molar-refractivity contribution in [3.63, 3.8) is 0 Å². The molecule has 4 nitrogen and oxygen atoms in total. The second kappa shape index (κ2) is 6.69. The second-order valence-electron chi connectivity index (χ2n) is 4.69. The predicted octanol–water partition coefficient (Wildman–Crippen LogP) is 0.117. The van der Waals surface area contributed by atoms with Gasteiger partial charge in [-0.2, -0.15) is 0 Å². The quantitative estimate of drug-likeness (QED) is 0.710. The Labute approximate surface area is 103 Å². The fraction of sp³-hybridized carbons (Fsp3) is 0.615. The summed E-state index contributed by atoms with van der Waals surface area (Å²) in [5, 5.41) is 7.02. The van der Waals surface area contributed by atoms with Crippen LogP contribution in [-0.2, 0) is 6.42 Å². The van der Waals surface area contributed by atoms with Crippen LogP contribution in [0.5, 0.6) is 0 Å². The van der Waals surface area contributed by atoms with Gasteiger partial charge in [0, 0.05) is 57.1 Å². The van der Waals surface area contributed by atoms with Gasteiger partial charge in [0.15, 0.2) is 0 Å². The van der Waals surface area contributed by atoms with Crippen molar-refractivity contribution >= 4 is 0 Å². The van der Waals surface area contributed by atoms with Crippen molar-refractivity contribution in [1.82, 2.24) is 20.5 Å². The average molecular weight is 234 g/mol. The summed E-state index contributed by atoms with van der Waals surface area (Å²) in [7, 11) is 2.18. The molecule has 0 saturated carbocycles. The summed E-state index contributed by atoms with van der Waals surface area (Å²) in [6.45, 7) is 5.43. The monoisotopic (exact) mass is 234 g/mol. The van der Waals surface area contributed by atoms with E-state index in [-0.39, 0.29) is 0 Å². The first-order valence-corrected chi connectivity index (χ1v) is 6.37. The van der Waals surface area contributed by atoms with Crippen molar-refractivity contribution in [2.75, 3.05) is 39.8 Å². The molecular formula is C13H22N4. The largest absolute Gasteiger partial charge is 0.315 e. The third-order valence-corrected chi connectivity index (χ3v) is 3.13. The molecule has 1 aromatic rings. The average Bonchev–Trinajstić information content (AvgIpc) is 2.36. The highest BCUT2D eigenvalue weighted by Crippen LogP contribution is 1.96. The topological polar surface area (TPSA) is 40.2 Å². The third kappa shape index (κ3) is 4.42. The highest BCUT2D eigenvalue weighted by molar-refractivity contribution is 5.03. The number of pyridine rings is 1. The van der Waals surface area contributed by atoms with Crippen LogP contribution in [0.15, 0.2) is 24.4 Å². The molecule has 2 rings (SSSR count). The molecule has 0 bridgehead atoms. The van der Waals surface area contributed by atoms with E-state index in [9.17, 15) is 0 Å². The maximum atomic E-state index is 4.31. The van der Waals surface area contributed by atoms with Crippen LogP contribution >= 0.6 is 0 Å². The molecule has 1 aliphatic heterocycles. The molecule has 94 valence electrons. The first-order valence-electron chi connectivity index (χ1n) is 6.37. The maximum Gasteiger partial charge on any atom is 0.0416 e. The number of rotatable bonds is 5. The Hall–Kier alpha value is -0.970. The smallest absolute Gasteiger partial charge is 0.0416 e. The number of nitrogens with zero attached hydrogens (tertiary/aromatic N) is 2. The van der Waals surface area contributed by atoms with E-state index in [2.05, 4.69) is 33.6 Å². The van der Waals surface area contributed by atoms with Gasteiger partial charge in [0.25, 0.3) is 0 Å². The first-order chi connectivity index (χ1) is 8.34. The number of piperazine rings is 1. The van der Waals surface area contributed by atoms with Crippen molar-refractivity contribution in [3.8, 4) is 0 Å². The molecule has 0 radical (unpaired) electrons. The number of aromatic nitrogens is 1. The molecule has 1 unspecified atom stereocenters. The Morgan fingerprint density at radius 2 is 2.47 bits per heavy atom. The van der Waals surface area contributed by atoms with Gasteiger partial charge in [-0.15, -0.1) is 0 Å². The predicted molar refractivity (Wildman–Crippen MR) is 70.1 cm³/mol. The molecule has 2 N–H and O–H groups in total. The summed E-state index contributed by atoms with van der Waals surface area (Å²) >= 11 is 0. The molecule has 0 aromatic carbocycles. The van der Waals surface area contributed by atoms with Crippen LogP contribution < -0.4 is 10.6 Å². The molecule has 1 aliphatic rings. The van der Waals surface area contributed by atoms with E-state index in [1.54, 1.807) is 0 Å². The van der Waals surface area contributed by atoms with Gasteiger partial charge in [-0.05, 0) is 19.2 Å². The van der Waals surface area contributed by atoms with Crippen molar-refractivity contribution in [2.24, 2.45) is 0 Å². The normalized spacial score (nSPS) is 21.6. The summed E-state index contributed by atoms with van der Waals surface area (Å²) in [5.41, 5.74) is 1.16. The van der Waals surface area contributed by atoms with Gasteiger partial charge in [-0.1, -0.05) is 6.07 Å². The first kappa shape index (κ1) is 12.5. The highest BCUT2D eigenvalue weighted by atomic mass is 15.2. The summed E-state index contributed by atoms with van der Waals surface area (Å²) in [6, 6.07) is 6.66. The number of likely N-dealkylation sites (N-methyl/N-ethyl adjacent to an activating group) is 1. The second-order valence-corrected chi connectivity index (χ2v) is 4.69. The SMILES string of the molecule is CN1CCNC(CNCCc2ccccn2)C1. The summed E-state index contributed by atoms with van der Waals surface area (Å²) in [6.07, 6.45) is 2.86. The Bertz CT molecular complexity index is 314. The van der Waals surface area contributed by atoms with Crippen LogP contribution in [0.1, 0.15) is 5.69 Å². The third-order valence-electron chi connectivity index (χ3n) is 3.13. The minimum atomic E-state index is 0.581. The fourth-order valence-corrected chi connectivity index (χ4v) is 2.17. The minimum absolute atomic E-state index is 0.581. The zero-order chi connectivity index (χ0) is 11.9. The van der Waals surface area contributed by atoms with Crippen molar-refractivity contribution < 1.29 is 0 Å². The van der Waals surface area contributed by atoms with Gasteiger partial charge in [-0.25, -0.2) is 0 Å². The maximum absolute atomic E-state index is 4.31. The Morgan fingerprint density at radius 1 is 1.53 bits per heavy atom. The molecular weight excluding hydrogens is 212 g/mol. The summed E-state index contributed by atoms with van der Waals surface area (Å²) in [5.74, 6) is 0. The lowest BCUT2D eigenvalue weighted by molar-refractivity contribution is 0.235. The molecule has 1 atom stereocenters. The van der Waals surface area contributed by atoms with E-state index in [0.717, 1.165) is 44.8 Å². The van der Waals surface area contributed by atoms with Crippen molar-refractivity contribution in [1.29, 1.82) is 0 Å². The van der Waals surface area contributed by atoms with Crippen LogP contribution in [0.3, 0.4) is 0 Å². The minimum Gasteiger partial charge on any atom is -0.315 e. The highest BCUT2D eigenvalue weighted by Gasteiger charge is 2.15. The number of nitrogens with one attached hydrogen (secondary N) is 2. The van der Waals surface area contributed by atoms with Gasteiger partial charge in [-0.3, -0.25) is 4.98 Å². The molecule has 1 fully saturated rings. The molecule has 2 heterocycles. The summed E-state index contributed by atoms with van der Waals surface area (Å²) < 4.78 is 0. The van der Waals surface area contributed by atoms with Crippen LogP contribution in [-0.4, -0.2) is 55.7 Å². The standard InChI is InChI=1S/C13H22N4/c1-17-9-8-16-13(11-17)10-14-7-5-12-4-2-3-6-15-12/h2-4,6,13-14,16H,5,7-11H2,1H3. The van der Waals surface area contributed by atoms with Crippen LogP contribution in [0.4, 0.5) is 0 Å². The number of hydrogen-bond donors (Lipinski definition) is 2. The molecule has 17 heavy (non-hydrogen) atoms. The Kier molecular flexibility index (Phi) is 4.91. The lowest BCUT2D eigenvalue weighted by Crippen LogP contribution is -2.53. The molecule has 4 heteroatoms. The lowest BCUT2D eigenvalue weighted by Gasteiger charge is -2.31. The van der Waals surface area contributed by atoms with Gasteiger partial charge in [0.05, 0.1) is 0 Å². The zero-order valence-electron chi connectivity index (χ0n) is 10.5. The Morgan fingerprint density at radius 3 is 3.24 bits per heavy atom. The van der Waals surface area contributed by atoms with E-state index in [1.807, 2.05) is 18.3 Å². The van der Waals surface area contributed by atoms with Crippen molar-refractivity contribution in [3.05, 3.63) is 30.1 Å². The summed E-state index contributed by atoms with van der Waals surface area (Å²) in [4.78, 5) is 6.69. The number of hydrogen-bond acceptors (Lipinski definition) is 4.